The predicted octanol–water partition coefficient (Wildman–Crippen LogP) is 5.05. The molecular weight excluding hydrogens is 429 g/mol. The van der Waals surface area contributed by atoms with Gasteiger partial charge in [0.1, 0.15) is 0 Å². The first-order valence-corrected chi connectivity index (χ1v) is 9.84. The monoisotopic (exact) mass is 441 g/mol. The van der Waals surface area contributed by atoms with Crippen molar-refractivity contribution in [1.29, 1.82) is 0 Å². The molecule has 0 aliphatic heterocycles. The fraction of sp³-hybridized carbons (Fsp3) is 0.176. The average molecular weight is 443 g/mol. The standard InChI is InChI=1S/C17H14Cl3N5OS/c1-9-3-5-11(6-4-9)25-17(22-23-24-25)27-10(2)16(26)21-15-8-13(19)12(18)7-14(15)20/h3-8,10H,1-2H3,(H,21,26). The van der Waals surface area contributed by atoms with Crippen LogP contribution in [0.4, 0.5) is 5.69 Å². The molecule has 1 atom stereocenters. The Labute approximate surface area is 175 Å². The first kappa shape index (κ1) is 19.9. The molecule has 0 saturated carbocycles. The Morgan fingerprint density at radius 1 is 1.11 bits per heavy atom. The fourth-order valence-corrected chi connectivity index (χ4v) is 3.57. The summed E-state index contributed by atoms with van der Waals surface area (Å²) in [5, 5.41) is 15.4. The van der Waals surface area contributed by atoms with Gasteiger partial charge in [0.2, 0.25) is 11.1 Å². The van der Waals surface area contributed by atoms with Crippen molar-refractivity contribution in [2.24, 2.45) is 0 Å². The van der Waals surface area contributed by atoms with Crippen molar-refractivity contribution in [3.05, 3.63) is 57.0 Å². The SMILES string of the molecule is Cc1ccc(-n2nnnc2SC(C)C(=O)Nc2cc(Cl)c(Cl)cc2Cl)cc1. The van der Waals surface area contributed by atoms with Gasteiger partial charge in [-0.1, -0.05) is 64.3 Å². The Bertz CT molecular complexity index is 977. The number of tetrazole rings is 1. The number of nitrogens with one attached hydrogen (secondary N) is 1. The molecule has 1 aromatic heterocycles. The highest BCUT2D eigenvalue weighted by Crippen LogP contribution is 2.33. The van der Waals surface area contributed by atoms with Crippen molar-refractivity contribution in [1.82, 2.24) is 20.2 Å². The maximum Gasteiger partial charge on any atom is 0.237 e. The number of benzene rings is 2. The smallest absolute Gasteiger partial charge is 0.237 e. The quantitative estimate of drug-likeness (QED) is 0.442. The number of aryl methyl sites for hydroxylation is 1. The van der Waals surface area contributed by atoms with Gasteiger partial charge in [-0.25, -0.2) is 0 Å². The number of rotatable bonds is 5. The van der Waals surface area contributed by atoms with Gasteiger partial charge in [0, 0.05) is 0 Å². The number of hydrogen-bond donors (Lipinski definition) is 1. The molecule has 6 nitrogen and oxygen atoms in total. The summed E-state index contributed by atoms with van der Waals surface area (Å²) in [4.78, 5) is 12.5. The van der Waals surface area contributed by atoms with E-state index in [2.05, 4.69) is 20.8 Å². The van der Waals surface area contributed by atoms with Crippen LogP contribution in [0.3, 0.4) is 0 Å². The molecule has 10 heteroatoms. The lowest BCUT2D eigenvalue weighted by Crippen LogP contribution is -2.23. The van der Waals surface area contributed by atoms with Crippen molar-refractivity contribution in [3.8, 4) is 5.69 Å². The van der Waals surface area contributed by atoms with Gasteiger partial charge in [-0.05, 0) is 48.5 Å². The highest BCUT2D eigenvalue weighted by atomic mass is 35.5. The molecule has 1 amide bonds. The first-order chi connectivity index (χ1) is 12.8. The van der Waals surface area contributed by atoms with Crippen molar-refractivity contribution >= 4 is 58.2 Å². The average Bonchev–Trinajstić information content (AvgIpc) is 3.08. The Morgan fingerprint density at radius 2 is 1.78 bits per heavy atom. The maximum absolute atomic E-state index is 12.5. The van der Waals surface area contributed by atoms with Gasteiger partial charge in [0.05, 0.1) is 31.7 Å². The highest BCUT2D eigenvalue weighted by molar-refractivity contribution is 8.00. The molecule has 1 N–H and O–H groups in total. The molecule has 0 aliphatic carbocycles. The number of aromatic nitrogens is 4. The predicted molar refractivity (Wildman–Crippen MR) is 109 cm³/mol. The van der Waals surface area contributed by atoms with E-state index in [0.717, 1.165) is 11.3 Å². The second-order valence-corrected chi connectivity index (χ2v) is 8.23. The minimum atomic E-state index is -0.481. The molecule has 27 heavy (non-hydrogen) atoms. The van der Waals surface area contributed by atoms with Gasteiger partial charge in [0.15, 0.2) is 0 Å². The van der Waals surface area contributed by atoms with E-state index in [4.69, 9.17) is 34.8 Å². The van der Waals surface area contributed by atoms with Crippen LogP contribution in [0.5, 0.6) is 0 Å². The number of amides is 1. The van der Waals surface area contributed by atoms with E-state index in [9.17, 15) is 4.79 Å². The second kappa shape index (κ2) is 8.48. The summed E-state index contributed by atoms with van der Waals surface area (Å²) in [5.41, 5.74) is 2.34. The van der Waals surface area contributed by atoms with E-state index in [1.54, 1.807) is 11.6 Å². The van der Waals surface area contributed by atoms with Crippen LogP contribution in [0, 0.1) is 6.92 Å². The molecule has 1 unspecified atom stereocenters. The molecule has 0 spiro atoms. The zero-order valence-corrected chi connectivity index (χ0v) is 17.4. The van der Waals surface area contributed by atoms with Gasteiger partial charge in [-0.3, -0.25) is 4.79 Å². The molecular formula is C17H14Cl3N5OS. The van der Waals surface area contributed by atoms with E-state index in [0.29, 0.717) is 25.9 Å². The highest BCUT2D eigenvalue weighted by Gasteiger charge is 2.20. The second-order valence-electron chi connectivity index (χ2n) is 5.70. The third-order valence-corrected chi connectivity index (χ3v) is 5.71. The van der Waals surface area contributed by atoms with Crippen LogP contribution in [0.15, 0.2) is 41.6 Å². The number of nitrogens with zero attached hydrogens (tertiary/aromatic N) is 4. The lowest BCUT2D eigenvalue weighted by molar-refractivity contribution is -0.115. The van der Waals surface area contributed by atoms with Gasteiger partial charge >= 0.3 is 0 Å². The van der Waals surface area contributed by atoms with Gasteiger partial charge in [-0.15, -0.1) is 5.10 Å². The summed E-state index contributed by atoms with van der Waals surface area (Å²) < 4.78 is 1.58. The molecule has 0 bridgehead atoms. The Morgan fingerprint density at radius 3 is 2.48 bits per heavy atom. The third kappa shape index (κ3) is 4.73. The van der Waals surface area contributed by atoms with Crippen LogP contribution in [-0.4, -0.2) is 31.4 Å². The lowest BCUT2D eigenvalue weighted by atomic mass is 10.2. The molecule has 0 saturated heterocycles. The van der Waals surface area contributed by atoms with Crippen molar-refractivity contribution in [2.45, 2.75) is 24.3 Å². The molecule has 3 aromatic rings. The van der Waals surface area contributed by atoms with E-state index in [-0.39, 0.29) is 5.91 Å². The zero-order chi connectivity index (χ0) is 19.6. The van der Waals surface area contributed by atoms with Crippen molar-refractivity contribution in [2.75, 3.05) is 5.32 Å². The number of halogens is 3. The molecule has 3 rings (SSSR count). The number of hydrogen-bond acceptors (Lipinski definition) is 5. The molecule has 2 aromatic carbocycles. The van der Waals surface area contributed by atoms with Crippen LogP contribution in [0.2, 0.25) is 15.1 Å². The lowest BCUT2D eigenvalue weighted by Gasteiger charge is -2.13. The maximum atomic E-state index is 12.5. The summed E-state index contributed by atoms with van der Waals surface area (Å²) in [5.74, 6) is -0.265. The van der Waals surface area contributed by atoms with E-state index < -0.39 is 5.25 Å². The van der Waals surface area contributed by atoms with Crippen molar-refractivity contribution < 1.29 is 4.79 Å². The van der Waals surface area contributed by atoms with Gasteiger partial charge in [-0.2, -0.15) is 4.68 Å². The fourth-order valence-electron chi connectivity index (χ4n) is 2.16. The van der Waals surface area contributed by atoms with E-state index >= 15 is 0 Å². The third-order valence-electron chi connectivity index (χ3n) is 3.64. The molecule has 0 aliphatic rings. The van der Waals surface area contributed by atoms with Crippen LogP contribution >= 0.6 is 46.6 Å². The van der Waals surface area contributed by atoms with Crippen LogP contribution in [-0.2, 0) is 4.79 Å². The minimum absolute atomic E-state index is 0.265. The van der Waals surface area contributed by atoms with E-state index in [1.807, 2.05) is 31.2 Å². The molecule has 0 fully saturated rings. The Kier molecular flexibility index (Phi) is 6.26. The summed E-state index contributed by atoms with van der Waals surface area (Å²) in [6, 6.07) is 10.8. The first-order valence-electron chi connectivity index (χ1n) is 7.82. The number of anilines is 1. The van der Waals surface area contributed by atoms with Crippen molar-refractivity contribution in [3.63, 3.8) is 0 Å². The summed E-state index contributed by atoms with van der Waals surface area (Å²) >= 11 is 19.2. The summed E-state index contributed by atoms with van der Waals surface area (Å²) in [6.45, 7) is 3.75. The Balaban J connectivity index is 1.74. The Hall–Kier alpha value is -1.80. The van der Waals surface area contributed by atoms with Crippen LogP contribution in [0.1, 0.15) is 12.5 Å². The normalized spacial score (nSPS) is 12.0. The van der Waals surface area contributed by atoms with E-state index in [1.165, 1.54) is 23.9 Å². The number of carbonyl (C=O) groups excluding carboxylic acids is 1. The van der Waals surface area contributed by atoms with Crippen LogP contribution < -0.4 is 5.32 Å². The van der Waals surface area contributed by atoms with Crippen LogP contribution in [0.25, 0.3) is 5.69 Å². The van der Waals surface area contributed by atoms with Gasteiger partial charge in [0.25, 0.3) is 0 Å². The summed E-state index contributed by atoms with van der Waals surface area (Å²) in [6.07, 6.45) is 0. The summed E-state index contributed by atoms with van der Waals surface area (Å²) in [7, 11) is 0. The number of carbonyl (C=O) groups is 1. The van der Waals surface area contributed by atoms with Gasteiger partial charge < -0.3 is 5.32 Å². The largest absolute Gasteiger partial charge is 0.324 e. The topological polar surface area (TPSA) is 72.7 Å². The molecule has 1 heterocycles. The number of thioether (sulfide) groups is 1. The molecule has 0 radical (unpaired) electrons. The molecule has 140 valence electrons. The minimum Gasteiger partial charge on any atom is -0.324 e. The zero-order valence-electron chi connectivity index (χ0n) is 14.3.